The predicted molar refractivity (Wildman–Crippen MR) is 78.5 cm³/mol. The van der Waals surface area contributed by atoms with E-state index in [0.717, 1.165) is 22.2 Å². The standard InChI is InChI=1S/C15H19BO4/c1-14(2)15(3,4)20-16(19-14)12-9-18-13-7-6-10(17-5)8-11(12)13/h6-9H,1-5H3. The van der Waals surface area contributed by atoms with Crippen molar-refractivity contribution >= 4 is 23.6 Å². The van der Waals surface area contributed by atoms with Crippen LogP contribution in [0.5, 0.6) is 5.75 Å². The van der Waals surface area contributed by atoms with Crippen molar-refractivity contribution in [1.29, 1.82) is 0 Å². The van der Waals surface area contributed by atoms with Gasteiger partial charge in [-0.3, -0.25) is 0 Å². The van der Waals surface area contributed by atoms with Crippen LogP contribution in [0.25, 0.3) is 11.0 Å². The number of benzene rings is 1. The first kappa shape index (κ1) is 13.5. The maximum atomic E-state index is 6.07. The summed E-state index contributed by atoms with van der Waals surface area (Å²) >= 11 is 0. The number of fused-ring (bicyclic) bond motifs is 1. The zero-order chi connectivity index (χ0) is 14.5. The van der Waals surface area contributed by atoms with Gasteiger partial charge in [0, 0.05) is 10.8 Å². The van der Waals surface area contributed by atoms with Crippen molar-refractivity contribution in [1.82, 2.24) is 0 Å². The van der Waals surface area contributed by atoms with Gasteiger partial charge >= 0.3 is 7.12 Å². The number of hydrogen-bond acceptors (Lipinski definition) is 4. The third kappa shape index (κ3) is 1.93. The van der Waals surface area contributed by atoms with Crippen molar-refractivity contribution in [3.8, 4) is 5.75 Å². The van der Waals surface area contributed by atoms with Crippen LogP contribution < -0.4 is 10.2 Å². The molecule has 1 aliphatic heterocycles. The van der Waals surface area contributed by atoms with Gasteiger partial charge in [0.05, 0.1) is 24.6 Å². The minimum Gasteiger partial charge on any atom is -0.497 e. The predicted octanol–water partition coefficient (Wildman–Crippen LogP) is 2.74. The number of rotatable bonds is 2. The summed E-state index contributed by atoms with van der Waals surface area (Å²) in [5.41, 5.74) is 0.980. The van der Waals surface area contributed by atoms with Gasteiger partial charge in [-0.1, -0.05) is 0 Å². The molecule has 0 spiro atoms. The molecule has 0 saturated carbocycles. The van der Waals surface area contributed by atoms with Gasteiger partial charge in [0.1, 0.15) is 11.3 Å². The Kier molecular flexibility index (Phi) is 2.89. The Morgan fingerprint density at radius 3 is 2.30 bits per heavy atom. The molecule has 5 heteroatoms. The van der Waals surface area contributed by atoms with E-state index >= 15 is 0 Å². The van der Waals surface area contributed by atoms with Crippen LogP contribution in [0.3, 0.4) is 0 Å². The van der Waals surface area contributed by atoms with Crippen LogP contribution in [0.2, 0.25) is 0 Å². The molecule has 1 saturated heterocycles. The fourth-order valence-electron chi connectivity index (χ4n) is 2.31. The van der Waals surface area contributed by atoms with Gasteiger partial charge < -0.3 is 18.5 Å². The Morgan fingerprint density at radius 1 is 1.05 bits per heavy atom. The SMILES string of the molecule is COc1ccc2occ(B3OC(C)(C)C(C)(C)O3)c2c1. The zero-order valence-electron chi connectivity index (χ0n) is 12.5. The summed E-state index contributed by atoms with van der Waals surface area (Å²) in [6, 6.07) is 5.71. The molecule has 0 amide bonds. The largest absolute Gasteiger partial charge is 0.498 e. The Bertz CT molecular complexity index is 628. The Hall–Kier alpha value is -1.46. The lowest BCUT2D eigenvalue weighted by atomic mass is 9.79. The molecule has 2 aromatic rings. The molecule has 2 heterocycles. The molecule has 4 nitrogen and oxygen atoms in total. The van der Waals surface area contributed by atoms with Crippen LogP contribution in [-0.2, 0) is 9.31 Å². The second kappa shape index (κ2) is 4.27. The van der Waals surface area contributed by atoms with Crippen molar-refractivity contribution in [2.24, 2.45) is 0 Å². The van der Waals surface area contributed by atoms with Gasteiger partial charge in [0.2, 0.25) is 0 Å². The quantitative estimate of drug-likeness (QED) is 0.789. The lowest BCUT2D eigenvalue weighted by Crippen LogP contribution is -2.41. The van der Waals surface area contributed by atoms with Crippen molar-refractivity contribution in [3.05, 3.63) is 24.5 Å². The molecular weight excluding hydrogens is 255 g/mol. The topological polar surface area (TPSA) is 40.8 Å². The first-order valence-corrected chi connectivity index (χ1v) is 6.75. The summed E-state index contributed by atoms with van der Waals surface area (Å²) in [4.78, 5) is 0. The highest BCUT2D eigenvalue weighted by atomic mass is 16.7. The van der Waals surface area contributed by atoms with Crippen molar-refractivity contribution in [3.63, 3.8) is 0 Å². The van der Waals surface area contributed by atoms with E-state index in [9.17, 15) is 0 Å². The summed E-state index contributed by atoms with van der Waals surface area (Å²) in [6.07, 6.45) is 1.70. The minimum atomic E-state index is -0.423. The first-order chi connectivity index (χ1) is 9.34. The second-order valence-corrected chi connectivity index (χ2v) is 6.14. The lowest BCUT2D eigenvalue weighted by molar-refractivity contribution is 0.00578. The molecule has 0 bridgehead atoms. The molecule has 20 heavy (non-hydrogen) atoms. The summed E-state index contributed by atoms with van der Waals surface area (Å²) < 4.78 is 23.0. The van der Waals surface area contributed by atoms with Gasteiger partial charge in [-0.05, 0) is 45.9 Å². The van der Waals surface area contributed by atoms with Gasteiger partial charge in [0.25, 0.3) is 0 Å². The van der Waals surface area contributed by atoms with Crippen LogP contribution in [0, 0.1) is 0 Å². The Morgan fingerprint density at radius 2 is 1.70 bits per heavy atom. The average Bonchev–Trinajstić information content (AvgIpc) is 2.87. The third-order valence-corrected chi connectivity index (χ3v) is 4.32. The van der Waals surface area contributed by atoms with E-state index in [2.05, 4.69) is 0 Å². The molecule has 0 atom stereocenters. The molecule has 1 aliphatic rings. The van der Waals surface area contributed by atoms with Crippen LogP contribution in [0.1, 0.15) is 27.7 Å². The second-order valence-electron chi connectivity index (χ2n) is 6.14. The number of furan rings is 1. The van der Waals surface area contributed by atoms with Crippen LogP contribution in [0.15, 0.2) is 28.9 Å². The molecule has 3 rings (SSSR count). The van der Waals surface area contributed by atoms with Crippen molar-refractivity contribution in [2.75, 3.05) is 7.11 Å². The van der Waals surface area contributed by atoms with Crippen LogP contribution in [-0.4, -0.2) is 25.4 Å². The fraction of sp³-hybridized carbons (Fsp3) is 0.467. The molecule has 0 aliphatic carbocycles. The zero-order valence-corrected chi connectivity index (χ0v) is 12.5. The monoisotopic (exact) mass is 274 g/mol. The Labute approximate surface area is 119 Å². The summed E-state index contributed by atoms with van der Waals surface area (Å²) in [6.45, 7) is 8.15. The highest BCUT2D eigenvalue weighted by molar-refractivity contribution is 6.65. The molecule has 0 unspecified atom stereocenters. The van der Waals surface area contributed by atoms with Crippen molar-refractivity contribution in [2.45, 2.75) is 38.9 Å². The molecule has 1 fully saturated rings. The van der Waals surface area contributed by atoms with E-state index in [1.54, 1.807) is 13.4 Å². The fourth-order valence-corrected chi connectivity index (χ4v) is 2.31. The van der Waals surface area contributed by atoms with E-state index in [0.29, 0.717) is 0 Å². The molecule has 1 aromatic carbocycles. The molecule has 1 aromatic heterocycles. The van der Waals surface area contributed by atoms with Crippen LogP contribution in [0.4, 0.5) is 0 Å². The maximum absolute atomic E-state index is 6.07. The molecule has 106 valence electrons. The van der Waals surface area contributed by atoms with Crippen LogP contribution >= 0.6 is 0 Å². The van der Waals surface area contributed by atoms with E-state index in [1.165, 1.54) is 0 Å². The molecular formula is C15H19BO4. The maximum Gasteiger partial charge on any atom is 0.498 e. The summed E-state index contributed by atoms with van der Waals surface area (Å²) in [5.74, 6) is 0.789. The highest BCUT2D eigenvalue weighted by Crippen LogP contribution is 2.37. The number of methoxy groups -OCH3 is 1. The van der Waals surface area contributed by atoms with E-state index in [1.807, 2.05) is 45.9 Å². The number of hydrogen-bond donors (Lipinski definition) is 0. The minimum absolute atomic E-state index is 0.361. The average molecular weight is 274 g/mol. The van der Waals surface area contributed by atoms with Crippen molar-refractivity contribution < 1.29 is 18.5 Å². The van der Waals surface area contributed by atoms with E-state index in [-0.39, 0.29) is 11.2 Å². The third-order valence-electron chi connectivity index (χ3n) is 4.32. The van der Waals surface area contributed by atoms with E-state index < -0.39 is 7.12 Å². The smallest absolute Gasteiger partial charge is 0.497 e. The van der Waals surface area contributed by atoms with Gasteiger partial charge in [-0.15, -0.1) is 0 Å². The van der Waals surface area contributed by atoms with Gasteiger partial charge in [-0.25, -0.2) is 0 Å². The van der Waals surface area contributed by atoms with Gasteiger partial charge in [0.15, 0.2) is 0 Å². The number of ether oxygens (including phenoxy) is 1. The molecule has 0 N–H and O–H groups in total. The summed E-state index contributed by atoms with van der Waals surface area (Å²) in [7, 11) is 1.23. The summed E-state index contributed by atoms with van der Waals surface area (Å²) in [5, 5.41) is 0.961. The first-order valence-electron chi connectivity index (χ1n) is 6.75. The highest BCUT2D eigenvalue weighted by Gasteiger charge is 2.52. The Balaban J connectivity index is 2.03. The molecule has 0 radical (unpaired) electrons. The lowest BCUT2D eigenvalue weighted by Gasteiger charge is -2.32. The normalized spacial score (nSPS) is 20.6. The van der Waals surface area contributed by atoms with E-state index in [4.69, 9.17) is 18.5 Å². The van der Waals surface area contributed by atoms with Gasteiger partial charge in [-0.2, -0.15) is 0 Å².